The lowest BCUT2D eigenvalue weighted by atomic mass is 10.2. The number of nitrogens with one attached hydrogen (secondary N) is 1. The Morgan fingerprint density at radius 1 is 1.00 bits per heavy atom. The van der Waals surface area contributed by atoms with Gasteiger partial charge in [0.2, 0.25) is 0 Å². The van der Waals surface area contributed by atoms with E-state index >= 15 is 0 Å². The van der Waals surface area contributed by atoms with Gasteiger partial charge in [0.25, 0.3) is 0 Å². The quantitative estimate of drug-likeness (QED) is 0.598. The highest BCUT2D eigenvalue weighted by Crippen LogP contribution is 2.47. The number of nitrogens with zero attached hydrogens (tertiary/aromatic N) is 2. The van der Waals surface area contributed by atoms with Crippen molar-refractivity contribution in [2.24, 2.45) is 8.73 Å². The molecule has 1 aliphatic heterocycles. The van der Waals surface area contributed by atoms with E-state index in [9.17, 15) is 4.39 Å². The largest absolute Gasteiger partial charge is 0.378 e. The van der Waals surface area contributed by atoms with Gasteiger partial charge in [0, 0.05) is 11.6 Å². The van der Waals surface area contributed by atoms with Crippen LogP contribution in [0, 0.1) is 5.82 Å². The molecular formula is C13H7Cl3FN3S. The first-order chi connectivity index (χ1) is 10.1. The first-order valence-electron chi connectivity index (χ1n) is 5.84. The fourth-order valence-electron chi connectivity index (χ4n) is 1.90. The van der Waals surface area contributed by atoms with Gasteiger partial charge in [-0.3, -0.25) is 0 Å². The highest BCUT2D eigenvalue weighted by molar-refractivity contribution is 7.58. The summed E-state index contributed by atoms with van der Waals surface area (Å²) < 4.78 is 21.6. The van der Waals surface area contributed by atoms with Gasteiger partial charge in [-0.15, -0.1) is 0 Å². The van der Waals surface area contributed by atoms with E-state index in [4.69, 9.17) is 34.8 Å². The molecule has 108 valence electrons. The molecule has 1 N–H and O–H groups in total. The fourth-order valence-corrected chi connectivity index (χ4v) is 3.27. The molecule has 0 saturated heterocycles. The summed E-state index contributed by atoms with van der Waals surface area (Å²) in [6.07, 6.45) is 0. The molecule has 21 heavy (non-hydrogen) atoms. The van der Waals surface area contributed by atoms with Crippen LogP contribution in [0.15, 0.2) is 33.0 Å². The van der Waals surface area contributed by atoms with E-state index in [1.807, 2.05) is 0 Å². The third kappa shape index (κ3) is 2.92. The van der Waals surface area contributed by atoms with Crippen LogP contribution in [0.3, 0.4) is 0 Å². The van der Waals surface area contributed by atoms with Crippen LogP contribution in [0.4, 0.5) is 21.5 Å². The molecule has 0 fully saturated rings. The van der Waals surface area contributed by atoms with Crippen LogP contribution in [0.2, 0.25) is 15.1 Å². The molecule has 2 aromatic carbocycles. The van der Waals surface area contributed by atoms with Gasteiger partial charge in [-0.25, -0.2) is 4.39 Å². The molecule has 0 bridgehead atoms. The first-order valence-corrected chi connectivity index (χ1v) is 7.70. The summed E-state index contributed by atoms with van der Waals surface area (Å²) in [5.74, 6) is -0.348. The minimum absolute atomic E-state index is 0.310. The zero-order valence-corrected chi connectivity index (χ0v) is 13.4. The van der Waals surface area contributed by atoms with Crippen molar-refractivity contribution in [2.75, 3.05) is 5.32 Å². The van der Waals surface area contributed by atoms with Gasteiger partial charge in [0.05, 0.1) is 27.1 Å². The first kappa shape index (κ1) is 14.8. The van der Waals surface area contributed by atoms with E-state index in [2.05, 4.69) is 14.0 Å². The standard InChI is InChI=1S/C13H7Cl3FN3S/c14-8-2-1-7(17)3-6(8)5-18-11-9(15)4-10(16)12-13(11)20-21-19-12/h1-4,18H,5H2. The van der Waals surface area contributed by atoms with Crippen molar-refractivity contribution in [2.45, 2.75) is 6.54 Å². The van der Waals surface area contributed by atoms with Gasteiger partial charge in [-0.05, 0) is 29.8 Å². The Labute approximate surface area is 138 Å². The Hall–Kier alpha value is -1.14. The highest BCUT2D eigenvalue weighted by Gasteiger charge is 2.18. The topological polar surface area (TPSA) is 36.8 Å². The Balaban J connectivity index is 1.92. The highest BCUT2D eigenvalue weighted by atomic mass is 35.5. The van der Waals surface area contributed by atoms with Crippen molar-refractivity contribution in [3.63, 3.8) is 0 Å². The minimum atomic E-state index is -0.348. The SMILES string of the molecule is Fc1ccc(Cl)c(CNc2c(Cl)cc(Cl)c3c2N=S=N3)c1. The summed E-state index contributed by atoms with van der Waals surface area (Å²) in [6, 6.07) is 5.79. The number of rotatable bonds is 3. The average molecular weight is 363 g/mol. The third-order valence-corrected chi connectivity index (χ3v) is 4.39. The monoisotopic (exact) mass is 361 g/mol. The molecule has 2 aromatic rings. The molecule has 0 atom stereocenters. The van der Waals surface area contributed by atoms with E-state index < -0.39 is 0 Å². The zero-order chi connectivity index (χ0) is 15.0. The number of halogens is 4. The second-order valence-electron chi connectivity index (χ2n) is 4.27. The minimum Gasteiger partial charge on any atom is -0.378 e. The van der Waals surface area contributed by atoms with E-state index in [0.717, 1.165) is 11.4 Å². The van der Waals surface area contributed by atoms with Gasteiger partial charge in [-0.1, -0.05) is 34.8 Å². The van der Waals surface area contributed by atoms with Crippen LogP contribution < -0.4 is 5.32 Å². The Morgan fingerprint density at radius 2 is 1.76 bits per heavy atom. The molecule has 1 aliphatic rings. The second kappa shape index (κ2) is 5.93. The molecule has 0 aromatic heterocycles. The lowest BCUT2D eigenvalue weighted by Gasteiger charge is -2.13. The van der Waals surface area contributed by atoms with Crippen molar-refractivity contribution in [3.8, 4) is 0 Å². The lowest BCUT2D eigenvalue weighted by Crippen LogP contribution is -2.01. The molecule has 0 amide bonds. The Morgan fingerprint density at radius 3 is 2.57 bits per heavy atom. The van der Waals surface area contributed by atoms with Crippen LogP contribution in [-0.2, 0) is 17.9 Å². The van der Waals surface area contributed by atoms with Crippen molar-refractivity contribution in [1.82, 2.24) is 0 Å². The lowest BCUT2D eigenvalue weighted by molar-refractivity contribution is 0.626. The number of fused-ring (bicyclic) bond motifs is 1. The van der Waals surface area contributed by atoms with Crippen LogP contribution in [0.1, 0.15) is 5.56 Å². The van der Waals surface area contributed by atoms with E-state index in [1.165, 1.54) is 18.2 Å². The number of hydrogen-bond acceptors (Lipinski definition) is 3. The molecule has 3 rings (SSSR count). The van der Waals surface area contributed by atoms with E-state index in [1.54, 1.807) is 6.07 Å². The smallest absolute Gasteiger partial charge is 0.130 e. The van der Waals surface area contributed by atoms with Crippen LogP contribution in [-0.4, -0.2) is 0 Å². The maximum Gasteiger partial charge on any atom is 0.130 e. The Kier molecular flexibility index (Phi) is 4.17. The second-order valence-corrected chi connectivity index (χ2v) is 6.02. The average Bonchev–Trinajstić information content (AvgIpc) is 2.92. The fraction of sp³-hybridized carbons (Fsp3) is 0.0769. The number of benzene rings is 2. The van der Waals surface area contributed by atoms with E-state index in [-0.39, 0.29) is 5.82 Å². The van der Waals surface area contributed by atoms with Gasteiger partial charge < -0.3 is 5.32 Å². The van der Waals surface area contributed by atoms with Crippen molar-refractivity contribution in [1.29, 1.82) is 0 Å². The van der Waals surface area contributed by atoms with Crippen molar-refractivity contribution in [3.05, 3.63) is 50.7 Å². The molecule has 3 nitrogen and oxygen atoms in total. The molecule has 8 heteroatoms. The maximum absolute atomic E-state index is 13.3. The van der Waals surface area contributed by atoms with Crippen LogP contribution in [0.5, 0.6) is 0 Å². The summed E-state index contributed by atoms with van der Waals surface area (Å²) >= 11 is 19.3. The molecule has 0 saturated carbocycles. The maximum atomic E-state index is 13.3. The third-order valence-electron chi connectivity index (χ3n) is 2.91. The van der Waals surface area contributed by atoms with Crippen molar-refractivity contribution < 1.29 is 4.39 Å². The summed E-state index contributed by atoms with van der Waals surface area (Å²) in [4.78, 5) is 0. The van der Waals surface area contributed by atoms with Gasteiger partial charge in [0.15, 0.2) is 0 Å². The summed E-state index contributed by atoms with van der Waals surface area (Å²) in [7, 11) is 0. The predicted molar refractivity (Wildman–Crippen MR) is 86.7 cm³/mol. The molecule has 1 heterocycles. The summed E-state index contributed by atoms with van der Waals surface area (Å²) in [5.41, 5.74) is 2.40. The molecule has 0 spiro atoms. The molecule has 0 aliphatic carbocycles. The van der Waals surface area contributed by atoms with Gasteiger partial charge in [0.1, 0.15) is 17.2 Å². The zero-order valence-electron chi connectivity index (χ0n) is 10.3. The van der Waals surface area contributed by atoms with Crippen molar-refractivity contribution >= 4 is 63.2 Å². The Bertz CT molecular complexity index is 804. The normalized spacial score (nSPS) is 12.2. The molecule has 0 unspecified atom stereocenters. The summed E-state index contributed by atoms with van der Waals surface area (Å²) in [6.45, 7) is 0.310. The van der Waals surface area contributed by atoms with Gasteiger partial charge in [-0.2, -0.15) is 8.73 Å². The molecule has 0 radical (unpaired) electrons. The molecular weight excluding hydrogens is 356 g/mol. The number of anilines is 1. The van der Waals surface area contributed by atoms with Gasteiger partial charge >= 0.3 is 0 Å². The summed E-state index contributed by atoms with van der Waals surface area (Å²) in [5, 5.41) is 4.46. The van der Waals surface area contributed by atoms with Crippen LogP contribution >= 0.6 is 34.8 Å². The van der Waals surface area contributed by atoms with Crippen LogP contribution in [0.25, 0.3) is 0 Å². The predicted octanol–water partition coefficient (Wildman–Crippen LogP) is 6.12. The van der Waals surface area contributed by atoms with E-state index in [0.29, 0.717) is 44.2 Å². The number of hydrogen-bond donors (Lipinski definition) is 1.